The molecule has 1 aliphatic rings. The summed E-state index contributed by atoms with van der Waals surface area (Å²) < 4.78 is 1.70. The number of thioether (sulfide) groups is 1. The monoisotopic (exact) mass is 372 g/mol. The third-order valence-electron chi connectivity index (χ3n) is 3.84. The fraction of sp³-hybridized carbons (Fsp3) is 0.0667. The maximum atomic E-state index is 11.1. The molecule has 0 bridgehead atoms. The van der Waals surface area contributed by atoms with E-state index in [4.69, 9.17) is 10.4 Å². The van der Waals surface area contributed by atoms with Gasteiger partial charge in [-0.05, 0) is 29.8 Å². The first kappa shape index (κ1) is 16.6. The Balaban J connectivity index is 1.60. The highest BCUT2D eigenvalue weighted by Crippen LogP contribution is 2.40. The van der Waals surface area contributed by atoms with Crippen LogP contribution >= 0.6 is 11.8 Å². The van der Waals surface area contributed by atoms with E-state index in [1.165, 1.54) is 36.0 Å². The summed E-state index contributed by atoms with van der Waals surface area (Å²) in [6, 6.07) is 12.8. The molecular formula is C15H12N6O4S-2. The molecule has 4 rings (SSSR count). The molecule has 2 aromatic carbocycles. The number of anilines is 2. The van der Waals surface area contributed by atoms with Crippen molar-refractivity contribution in [1.29, 1.82) is 0 Å². The number of rotatable bonds is 4. The van der Waals surface area contributed by atoms with Gasteiger partial charge < -0.3 is 26.3 Å². The van der Waals surface area contributed by atoms with Crippen molar-refractivity contribution in [2.75, 3.05) is 15.9 Å². The van der Waals surface area contributed by atoms with Gasteiger partial charge in [-0.25, -0.2) is 4.68 Å². The predicted octanol–water partition coefficient (Wildman–Crippen LogP) is 2.68. The predicted molar refractivity (Wildman–Crippen MR) is 95.1 cm³/mol. The van der Waals surface area contributed by atoms with E-state index in [1.807, 2.05) is 0 Å². The number of fused-ring (bicyclic) bond motifs is 1. The molecule has 1 atom stereocenters. The van der Waals surface area contributed by atoms with E-state index in [-0.39, 0.29) is 27.2 Å². The molecule has 2 heterocycles. The highest BCUT2D eigenvalue weighted by atomic mass is 32.2. The molecule has 11 heteroatoms. The molecule has 1 aromatic heterocycles. The Kier molecular flexibility index (Phi) is 4.14. The van der Waals surface area contributed by atoms with Crippen LogP contribution in [0.25, 0.3) is 11.4 Å². The molecule has 134 valence electrons. The van der Waals surface area contributed by atoms with Gasteiger partial charge in [-0.3, -0.25) is 10.4 Å². The first-order valence-corrected chi connectivity index (χ1v) is 8.32. The molecule has 0 radical (unpaired) electrons. The van der Waals surface area contributed by atoms with Gasteiger partial charge in [-0.1, -0.05) is 36.0 Å². The summed E-state index contributed by atoms with van der Waals surface area (Å²) in [5, 5.41) is 48.2. The van der Waals surface area contributed by atoms with Gasteiger partial charge in [0.25, 0.3) is 0 Å². The average Bonchev–Trinajstić information content (AvgIpc) is 3.22. The first-order chi connectivity index (χ1) is 12.5. The number of nitrogens with one attached hydrogen (secondary N) is 1. The topological polar surface area (TPSA) is 136 Å². The third-order valence-corrected chi connectivity index (χ3v) is 4.93. The highest BCUT2D eigenvalue weighted by molar-refractivity contribution is 7.99. The molecule has 0 spiro atoms. The van der Waals surface area contributed by atoms with E-state index in [1.54, 1.807) is 28.9 Å². The van der Waals surface area contributed by atoms with Gasteiger partial charge in [0.05, 0.1) is 11.4 Å². The van der Waals surface area contributed by atoms with Gasteiger partial charge in [0.2, 0.25) is 5.16 Å². The van der Waals surface area contributed by atoms with Gasteiger partial charge in [0.15, 0.2) is 5.82 Å². The Morgan fingerprint density at radius 2 is 1.73 bits per heavy atom. The Labute approximate surface area is 151 Å². The number of nitrogens with zero attached hydrogens (tertiary/aromatic N) is 5. The molecule has 0 unspecified atom stereocenters. The lowest BCUT2D eigenvalue weighted by Crippen LogP contribution is -2.14. The molecule has 0 amide bonds. The van der Waals surface area contributed by atoms with Gasteiger partial charge >= 0.3 is 0 Å². The molecule has 0 saturated carbocycles. The minimum atomic E-state index is -0.211. The molecule has 0 saturated heterocycles. The summed E-state index contributed by atoms with van der Waals surface area (Å²) in [5.74, 6) is 0.497. The summed E-state index contributed by atoms with van der Waals surface area (Å²) in [6.07, 6.45) is 0. The SMILES string of the molecule is [O-]N(O)c1ccc([C@H]2Nn3c(nnc3-c3cccc(N([O-])O)c3)S2)cc1. The maximum Gasteiger partial charge on any atom is 0.212 e. The van der Waals surface area contributed by atoms with Crippen LogP contribution in [0.3, 0.4) is 0 Å². The van der Waals surface area contributed by atoms with Crippen molar-refractivity contribution in [3.63, 3.8) is 0 Å². The largest absolute Gasteiger partial charge is 0.733 e. The third kappa shape index (κ3) is 2.94. The second-order valence-corrected chi connectivity index (χ2v) is 6.53. The standard InChI is InChI=1S/C15H12N6O4S/c22-20(23)11-6-4-9(5-7-11)14-18-19-13(16-17-15(19)26-14)10-2-1-3-12(8-10)21(24)25/h1-8,14,18,22,24H/q-2/t14-/m0/s1. The first-order valence-electron chi connectivity index (χ1n) is 7.44. The lowest BCUT2D eigenvalue weighted by molar-refractivity contribution is 0.296. The van der Waals surface area contributed by atoms with Gasteiger partial charge in [0.1, 0.15) is 5.37 Å². The van der Waals surface area contributed by atoms with E-state index in [0.717, 1.165) is 5.56 Å². The maximum absolute atomic E-state index is 11.1. The molecular weight excluding hydrogens is 360 g/mol. The Hall–Kier alpha value is -2.83. The minimum absolute atomic E-state index is 0.0869. The van der Waals surface area contributed by atoms with Crippen LogP contribution in [0, 0.1) is 10.4 Å². The smallest absolute Gasteiger partial charge is 0.212 e. The van der Waals surface area contributed by atoms with Crippen molar-refractivity contribution in [2.24, 2.45) is 0 Å². The molecule has 10 nitrogen and oxygen atoms in total. The van der Waals surface area contributed by atoms with Crippen LogP contribution in [0.4, 0.5) is 11.4 Å². The van der Waals surface area contributed by atoms with Crippen molar-refractivity contribution in [3.8, 4) is 11.4 Å². The molecule has 3 N–H and O–H groups in total. The van der Waals surface area contributed by atoms with Gasteiger partial charge in [0, 0.05) is 5.56 Å². The Morgan fingerprint density at radius 3 is 2.42 bits per heavy atom. The molecule has 0 aliphatic carbocycles. The van der Waals surface area contributed by atoms with Crippen molar-refractivity contribution in [3.05, 3.63) is 64.5 Å². The zero-order valence-electron chi connectivity index (χ0n) is 13.1. The lowest BCUT2D eigenvalue weighted by Gasteiger charge is -2.22. The van der Waals surface area contributed by atoms with Gasteiger partial charge in [-0.2, -0.15) is 0 Å². The van der Waals surface area contributed by atoms with Crippen LogP contribution in [-0.4, -0.2) is 25.3 Å². The molecule has 1 aliphatic heterocycles. The quantitative estimate of drug-likeness (QED) is 0.586. The van der Waals surface area contributed by atoms with E-state index < -0.39 is 0 Å². The van der Waals surface area contributed by atoms with Crippen molar-refractivity contribution < 1.29 is 10.4 Å². The van der Waals surface area contributed by atoms with Gasteiger partial charge in [-0.15, -0.1) is 10.2 Å². The normalized spacial score (nSPS) is 15.5. The summed E-state index contributed by atoms with van der Waals surface area (Å²) in [6.45, 7) is 0. The van der Waals surface area contributed by atoms with Crippen LogP contribution in [-0.2, 0) is 0 Å². The van der Waals surface area contributed by atoms with Crippen LogP contribution < -0.4 is 15.9 Å². The van der Waals surface area contributed by atoms with Crippen LogP contribution in [0.15, 0.2) is 53.7 Å². The van der Waals surface area contributed by atoms with E-state index in [2.05, 4.69) is 15.6 Å². The van der Waals surface area contributed by atoms with E-state index in [9.17, 15) is 10.4 Å². The second kappa shape index (κ2) is 6.48. The van der Waals surface area contributed by atoms with Crippen LogP contribution in [0.1, 0.15) is 10.9 Å². The molecule has 26 heavy (non-hydrogen) atoms. The number of aromatic nitrogens is 3. The second-order valence-electron chi connectivity index (χ2n) is 5.46. The summed E-state index contributed by atoms with van der Waals surface area (Å²) >= 11 is 1.43. The fourth-order valence-electron chi connectivity index (χ4n) is 2.58. The number of hydrogen-bond donors (Lipinski definition) is 3. The summed E-state index contributed by atoms with van der Waals surface area (Å²) in [5.41, 5.74) is 4.96. The number of hydrogen-bond acceptors (Lipinski definition) is 10. The zero-order chi connectivity index (χ0) is 18.3. The minimum Gasteiger partial charge on any atom is -0.733 e. The van der Waals surface area contributed by atoms with Crippen LogP contribution in [0.2, 0.25) is 0 Å². The Bertz CT molecular complexity index is 930. The van der Waals surface area contributed by atoms with Crippen molar-refractivity contribution in [2.45, 2.75) is 10.5 Å². The zero-order valence-corrected chi connectivity index (χ0v) is 13.9. The van der Waals surface area contributed by atoms with Crippen molar-refractivity contribution >= 4 is 23.1 Å². The van der Waals surface area contributed by atoms with Crippen LogP contribution in [0.5, 0.6) is 0 Å². The average molecular weight is 372 g/mol. The lowest BCUT2D eigenvalue weighted by atomic mass is 10.2. The molecule has 0 fully saturated rings. The highest BCUT2D eigenvalue weighted by Gasteiger charge is 2.28. The molecule has 3 aromatic rings. The Morgan fingerprint density at radius 1 is 1.00 bits per heavy atom. The number of benzene rings is 2. The van der Waals surface area contributed by atoms with E-state index in [0.29, 0.717) is 16.5 Å². The summed E-state index contributed by atoms with van der Waals surface area (Å²) in [4.78, 5) is 0. The fourth-order valence-corrected chi connectivity index (χ4v) is 3.58. The van der Waals surface area contributed by atoms with Crippen molar-refractivity contribution in [1.82, 2.24) is 14.9 Å². The summed E-state index contributed by atoms with van der Waals surface area (Å²) in [7, 11) is 0. The van der Waals surface area contributed by atoms with E-state index >= 15 is 0 Å².